The summed E-state index contributed by atoms with van der Waals surface area (Å²) in [5, 5.41) is 8.38. The van der Waals surface area contributed by atoms with Crippen LogP contribution in [0.1, 0.15) is 31.0 Å². The van der Waals surface area contributed by atoms with E-state index < -0.39 is 0 Å². The Morgan fingerprint density at radius 1 is 1.50 bits per heavy atom. The van der Waals surface area contributed by atoms with E-state index in [9.17, 15) is 0 Å². The Morgan fingerprint density at radius 3 is 2.62 bits per heavy atom. The average molecular weight is 244 g/mol. The number of halogens is 1. The van der Waals surface area contributed by atoms with Gasteiger partial charge in [-0.3, -0.25) is 4.68 Å². The van der Waals surface area contributed by atoms with Gasteiger partial charge in [0.05, 0.1) is 5.69 Å². The fraction of sp³-hybridized carbons (Fsp3) is 0.750. The Labute approximate surface area is 103 Å². The molecule has 1 rings (SSSR count). The molecule has 3 nitrogen and oxygen atoms in total. The third-order valence-corrected chi connectivity index (χ3v) is 3.43. The van der Waals surface area contributed by atoms with Crippen molar-refractivity contribution in [2.75, 3.05) is 13.6 Å². The predicted octanol–water partition coefficient (Wildman–Crippen LogP) is 2.56. The molecule has 4 heteroatoms. The minimum absolute atomic E-state index is 0.649. The minimum Gasteiger partial charge on any atom is -0.319 e. The van der Waals surface area contributed by atoms with E-state index >= 15 is 0 Å². The molecule has 0 saturated carbocycles. The molecule has 1 unspecified atom stereocenters. The third kappa shape index (κ3) is 3.22. The zero-order valence-electron chi connectivity index (χ0n) is 10.7. The largest absolute Gasteiger partial charge is 0.319 e. The first-order valence-corrected chi connectivity index (χ1v) is 6.30. The van der Waals surface area contributed by atoms with Crippen LogP contribution >= 0.6 is 11.6 Å². The molecule has 16 heavy (non-hydrogen) atoms. The van der Waals surface area contributed by atoms with Gasteiger partial charge in [-0.15, -0.1) is 0 Å². The molecule has 92 valence electrons. The number of aromatic nitrogens is 2. The SMILES string of the molecule is CCCC(CNC)Cc1c(C)nn(C)c1Cl. The summed E-state index contributed by atoms with van der Waals surface area (Å²) in [6.07, 6.45) is 3.46. The van der Waals surface area contributed by atoms with Crippen LogP contribution in [0.4, 0.5) is 0 Å². The molecular weight excluding hydrogens is 222 g/mol. The van der Waals surface area contributed by atoms with Gasteiger partial charge in [0, 0.05) is 12.6 Å². The van der Waals surface area contributed by atoms with Crippen molar-refractivity contribution in [1.82, 2.24) is 15.1 Å². The summed E-state index contributed by atoms with van der Waals surface area (Å²) >= 11 is 6.24. The van der Waals surface area contributed by atoms with Gasteiger partial charge in [-0.25, -0.2) is 0 Å². The lowest BCUT2D eigenvalue weighted by atomic mass is 9.95. The second-order valence-corrected chi connectivity index (χ2v) is 4.75. The first-order chi connectivity index (χ1) is 7.60. The van der Waals surface area contributed by atoms with Crippen LogP contribution in [0, 0.1) is 12.8 Å². The minimum atomic E-state index is 0.649. The van der Waals surface area contributed by atoms with E-state index in [1.807, 2.05) is 21.0 Å². The van der Waals surface area contributed by atoms with Gasteiger partial charge in [0.2, 0.25) is 0 Å². The smallest absolute Gasteiger partial charge is 0.130 e. The van der Waals surface area contributed by atoms with E-state index in [0.29, 0.717) is 5.92 Å². The van der Waals surface area contributed by atoms with Crippen LogP contribution in [0.3, 0.4) is 0 Å². The molecule has 0 radical (unpaired) electrons. The molecule has 1 aromatic heterocycles. The molecule has 0 bridgehead atoms. The Hall–Kier alpha value is -0.540. The lowest BCUT2D eigenvalue weighted by Crippen LogP contribution is -2.20. The quantitative estimate of drug-likeness (QED) is 0.832. The molecule has 1 aromatic rings. The van der Waals surface area contributed by atoms with Gasteiger partial charge >= 0.3 is 0 Å². The van der Waals surface area contributed by atoms with Crippen LogP contribution in [0.25, 0.3) is 0 Å². The topological polar surface area (TPSA) is 29.9 Å². The summed E-state index contributed by atoms with van der Waals surface area (Å²) < 4.78 is 1.76. The first-order valence-electron chi connectivity index (χ1n) is 5.92. The lowest BCUT2D eigenvalue weighted by Gasteiger charge is -2.15. The molecule has 0 saturated heterocycles. The third-order valence-electron chi connectivity index (χ3n) is 2.95. The highest BCUT2D eigenvalue weighted by molar-refractivity contribution is 6.30. The molecular formula is C12H22ClN3. The highest BCUT2D eigenvalue weighted by Gasteiger charge is 2.16. The highest BCUT2D eigenvalue weighted by atomic mass is 35.5. The van der Waals surface area contributed by atoms with Crippen molar-refractivity contribution in [2.45, 2.75) is 33.1 Å². The van der Waals surface area contributed by atoms with E-state index in [4.69, 9.17) is 11.6 Å². The van der Waals surface area contributed by atoms with Gasteiger partial charge < -0.3 is 5.32 Å². The van der Waals surface area contributed by atoms with Gasteiger partial charge in [-0.2, -0.15) is 5.10 Å². The Kier molecular flexibility index (Phi) is 5.29. The number of rotatable bonds is 6. The van der Waals surface area contributed by atoms with Crippen molar-refractivity contribution in [2.24, 2.45) is 13.0 Å². The van der Waals surface area contributed by atoms with Crippen molar-refractivity contribution in [3.8, 4) is 0 Å². The maximum Gasteiger partial charge on any atom is 0.130 e. The zero-order chi connectivity index (χ0) is 12.1. The second-order valence-electron chi connectivity index (χ2n) is 4.39. The first kappa shape index (κ1) is 13.5. The average Bonchev–Trinajstić information content (AvgIpc) is 2.46. The Balaban J connectivity index is 2.76. The summed E-state index contributed by atoms with van der Waals surface area (Å²) in [5.74, 6) is 0.649. The van der Waals surface area contributed by atoms with E-state index in [1.54, 1.807) is 4.68 Å². The van der Waals surface area contributed by atoms with E-state index in [1.165, 1.54) is 18.4 Å². The van der Waals surface area contributed by atoms with Crippen LogP contribution in [0.2, 0.25) is 5.15 Å². The van der Waals surface area contributed by atoms with Crippen LogP contribution in [-0.2, 0) is 13.5 Å². The fourth-order valence-corrected chi connectivity index (χ4v) is 2.42. The van der Waals surface area contributed by atoms with Crippen molar-refractivity contribution in [1.29, 1.82) is 0 Å². The molecule has 0 aliphatic carbocycles. The van der Waals surface area contributed by atoms with Gasteiger partial charge in [0.15, 0.2) is 0 Å². The Bertz CT molecular complexity index is 327. The van der Waals surface area contributed by atoms with Crippen LogP contribution in [0.5, 0.6) is 0 Å². The molecule has 0 spiro atoms. The summed E-state index contributed by atoms with van der Waals surface area (Å²) in [6, 6.07) is 0. The molecule has 0 fully saturated rings. The number of nitrogens with one attached hydrogen (secondary N) is 1. The van der Waals surface area contributed by atoms with Gasteiger partial charge in [0.25, 0.3) is 0 Å². The molecule has 0 aliphatic heterocycles. The summed E-state index contributed by atoms with van der Waals surface area (Å²) in [6.45, 7) is 5.29. The van der Waals surface area contributed by atoms with Gasteiger partial charge in [-0.1, -0.05) is 24.9 Å². The number of aryl methyl sites for hydroxylation is 2. The maximum absolute atomic E-state index is 6.24. The van der Waals surface area contributed by atoms with Crippen molar-refractivity contribution in [3.63, 3.8) is 0 Å². The predicted molar refractivity (Wildman–Crippen MR) is 69.0 cm³/mol. The maximum atomic E-state index is 6.24. The molecule has 1 N–H and O–H groups in total. The normalized spacial score (nSPS) is 13.1. The zero-order valence-corrected chi connectivity index (χ0v) is 11.4. The van der Waals surface area contributed by atoms with Gasteiger partial charge in [-0.05, 0) is 39.3 Å². The molecule has 0 aromatic carbocycles. The monoisotopic (exact) mass is 243 g/mol. The highest BCUT2D eigenvalue weighted by Crippen LogP contribution is 2.23. The van der Waals surface area contributed by atoms with Crippen molar-refractivity contribution < 1.29 is 0 Å². The van der Waals surface area contributed by atoms with E-state index in [2.05, 4.69) is 17.3 Å². The van der Waals surface area contributed by atoms with Gasteiger partial charge in [0.1, 0.15) is 5.15 Å². The molecule has 1 atom stereocenters. The van der Waals surface area contributed by atoms with Crippen LogP contribution < -0.4 is 5.32 Å². The molecule has 0 aliphatic rings. The molecule has 0 amide bonds. The van der Waals surface area contributed by atoms with Crippen LogP contribution in [-0.4, -0.2) is 23.4 Å². The van der Waals surface area contributed by atoms with Crippen LogP contribution in [0.15, 0.2) is 0 Å². The number of nitrogens with zero attached hydrogens (tertiary/aromatic N) is 2. The Morgan fingerprint density at radius 2 is 2.19 bits per heavy atom. The standard InChI is InChI=1S/C12H22ClN3/c1-5-6-10(8-14-3)7-11-9(2)15-16(4)12(11)13/h10,14H,5-8H2,1-4H3. The summed E-state index contributed by atoms with van der Waals surface area (Å²) in [4.78, 5) is 0. The summed E-state index contributed by atoms with van der Waals surface area (Å²) in [5.41, 5.74) is 2.27. The van der Waals surface area contributed by atoms with Crippen molar-refractivity contribution >= 4 is 11.6 Å². The summed E-state index contributed by atoms with van der Waals surface area (Å²) in [7, 11) is 3.89. The van der Waals surface area contributed by atoms with E-state index in [-0.39, 0.29) is 0 Å². The fourth-order valence-electron chi connectivity index (χ4n) is 2.17. The lowest BCUT2D eigenvalue weighted by molar-refractivity contribution is 0.455. The molecule has 1 heterocycles. The number of hydrogen-bond donors (Lipinski definition) is 1. The van der Waals surface area contributed by atoms with Crippen molar-refractivity contribution in [3.05, 3.63) is 16.4 Å². The second kappa shape index (κ2) is 6.26. The number of hydrogen-bond acceptors (Lipinski definition) is 2. The van der Waals surface area contributed by atoms with E-state index in [0.717, 1.165) is 23.8 Å².